The number of ether oxygens (including phenoxy) is 3. The predicted molar refractivity (Wildman–Crippen MR) is 126 cm³/mol. The van der Waals surface area contributed by atoms with Gasteiger partial charge in [0.05, 0.1) is 12.2 Å². The van der Waals surface area contributed by atoms with Crippen LogP contribution in [-0.4, -0.2) is 48.0 Å². The van der Waals surface area contributed by atoms with Gasteiger partial charge in [0, 0.05) is 28.9 Å². The minimum atomic E-state index is -0.749. The molecule has 2 unspecified atom stereocenters. The van der Waals surface area contributed by atoms with Crippen LogP contribution in [0.3, 0.4) is 0 Å². The van der Waals surface area contributed by atoms with Gasteiger partial charge in [-0.15, -0.1) is 11.3 Å². The van der Waals surface area contributed by atoms with Crippen molar-refractivity contribution in [2.24, 2.45) is 0 Å². The Morgan fingerprint density at radius 1 is 1.12 bits per heavy atom. The van der Waals surface area contributed by atoms with E-state index in [4.69, 9.17) is 14.2 Å². The fourth-order valence-electron chi connectivity index (χ4n) is 5.88. The van der Waals surface area contributed by atoms with E-state index in [1.54, 1.807) is 11.3 Å². The van der Waals surface area contributed by atoms with Gasteiger partial charge < -0.3 is 19.3 Å². The molecular weight excluding hydrogens is 422 g/mol. The number of nitrogens with zero attached hydrogens (tertiary/aromatic N) is 1. The largest absolute Gasteiger partial charge is 0.490 e. The van der Waals surface area contributed by atoms with Gasteiger partial charge in [-0.2, -0.15) is 0 Å². The van der Waals surface area contributed by atoms with Crippen molar-refractivity contribution in [3.05, 3.63) is 53.4 Å². The molecule has 2 saturated heterocycles. The van der Waals surface area contributed by atoms with Gasteiger partial charge in [-0.3, -0.25) is 4.90 Å². The van der Waals surface area contributed by atoms with E-state index in [2.05, 4.69) is 34.5 Å². The number of para-hydroxylation sites is 1. The van der Waals surface area contributed by atoms with E-state index in [0.29, 0.717) is 25.3 Å². The van der Waals surface area contributed by atoms with Crippen molar-refractivity contribution in [3.8, 4) is 17.2 Å². The fraction of sp³-hybridized carbons (Fsp3) is 0.462. The van der Waals surface area contributed by atoms with Crippen LogP contribution in [0.15, 0.2) is 47.8 Å². The number of aliphatic hydroxyl groups is 1. The Bertz CT molecular complexity index is 1110. The van der Waals surface area contributed by atoms with Gasteiger partial charge in [-0.1, -0.05) is 24.3 Å². The Labute approximate surface area is 192 Å². The summed E-state index contributed by atoms with van der Waals surface area (Å²) in [6, 6.07) is 15.0. The number of hydrogen-bond acceptors (Lipinski definition) is 6. The third kappa shape index (κ3) is 3.36. The quantitative estimate of drug-likeness (QED) is 0.595. The second-order valence-corrected chi connectivity index (χ2v) is 10.1. The molecule has 5 nitrogen and oxygen atoms in total. The molecule has 3 aliphatic heterocycles. The molecule has 2 bridgehead atoms. The number of thiophene rings is 1. The molecule has 32 heavy (non-hydrogen) atoms. The summed E-state index contributed by atoms with van der Waals surface area (Å²) in [5, 5.41) is 15.1. The average Bonchev–Trinajstić information content (AvgIpc) is 3.34. The van der Waals surface area contributed by atoms with E-state index in [0.717, 1.165) is 55.0 Å². The molecule has 2 aromatic carbocycles. The number of fused-ring (bicyclic) bond motifs is 4. The number of piperidine rings is 1. The number of benzene rings is 2. The van der Waals surface area contributed by atoms with E-state index >= 15 is 0 Å². The Kier molecular flexibility index (Phi) is 5.05. The van der Waals surface area contributed by atoms with Crippen LogP contribution in [0.4, 0.5) is 0 Å². The monoisotopic (exact) mass is 451 g/mol. The first-order valence-corrected chi connectivity index (χ1v) is 12.5. The maximum Gasteiger partial charge on any atom is 0.204 e. The lowest BCUT2D eigenvalue weighted by Gasteiger charge is -2.45. The van der Waals surface area contributed by atoms with Crippen molar-refractivity contribution in [1.82, 2.24) is 4.90 Å². The molecule has 168 valence electrons. The zero-order valence-electron chi connectivity index (χ0n) is 18.3. The first-order valence-electron chi connectivity index (χ1n) is 11.6. The summed E-state index contributed by atoms with van der Waals surface area (Å²) >= 11 is 1.74. The average molecular weight is 452 g/mol. The molecule has 6 rings (SSSR count). The summed E-state index contributed by atoms with van der Waals surface area (Å²) in [5.74, 6) is 2.22. The van der Waals surface area contributed by atoms with Crippen molar-refractivity contribution in [2.45, 2.75) is 56.4 Å². The third-order valence-electron chi connectivity index (χ3n) is 7.27. The van der Waals surface area contributed by atoms with Gasteiger partial charge in [-0.25, -0.2) is 0 Å². The minimum Gasteiger partial charge on any atom is -0.490 e. The predicted octanol–water partition coefficient (Wildman–Crippen LogP) is 4.95. The molecule has 0 saturated carbocycles. The highest BCUT2D eigenvalue weighted by molar-refractivity contribution is 7.17. The summed E-state index contributed by atoms with van der Waals surface area (Å²) < 4.78 is 19.4. The van der Waals surface area contributed by atoms with Crippen molar-refractivity contribution >= 4 is 21.4 Å². The molecule has 1 aromatic heterocycles. The summed E-state index contributed by atoms with van der Waals surface area (Å²) in [7, 11) is 0. The highest BCUT2D eigenvalue weighted by atomic mass is 32.1. The van der Waals surface area contributed by atoms with E-state index in [9.17, 15) is 5.11 Å². The van der Waals surface area contributed by atoms with Crippen LogP contribution in [0, 0.1) is 0 Å². The van der Waals surface area contributed by atoms with Gasteiger partial charge in [0.15, 0.2) is 11.5 Å². The lowest BCUT2D eigenvalue weighted by atomic mass is 9.80. The van der Waals surface area contributed by atoms with E-state index < -0.39 is 5.60 Å². The molecule has 0 radical (unpaired) electrons. The van der Waals surface area contributed by atoms with Gasteiger partial charge >= 0.3 is 0 Å². The first-order chi connectivity index (χ1) is 15.6. The van der Waals surface area contributed by atoms with Crippen LogP contribution in [0.25, 0.3) is 10.1 Å². The molecule has 3 aliphatic rings. The molecule has 1 N–H and O–H groups in total. The summed E-state index contributed by atoms with van der Waals surface area (Å²) in [6.45, 7) is 3.92. The van der Waals surface area contributed by atoms with Gasteiger partial charge in [0.25, 0.3) is 0 Å². The standard InChI is InChI=1S/C26H29NO4S/c1-2-29-22-7-5-8-23-25(22)31-19(15-30-23)14-27-17-10-11-18(27)13-26(28,12-17)21-16-32-24-9-4-3-6-20(21)24/h3-9,16-19,28H,2,10-15H2,1H3/t17?,18?,19-,26?/m0/s1. The zero-order valence-corrected chi connectivity index (χ0v) is 19.1. The Balaban J connectivity index is 1.20. The normalized spacial score (nSPS) is 29.4. The van der Waals surface area contributed by atoms with Crippen LogP contribution in [0.5, 0.6) is 17.2 Å². The smallest absolute Gasteiger partial charge is 0.204 e. The summed E-state index contributed by atoms with van der Waals surface area (Å²) in [6.07, 6.45) is 3.77. The van der Waals surface area contributed by atoms with Crippen molar-refractivity contribution in [3.63, 3.8) is 0 Å². The van der Waals surface area contributed by atoms with Gasteiger partial charge in [0.2, 0.25) is 5.75 Å². The second-order valence-electron chi connectivity index (χ2n) is 9.23. The fourth-order valence-corrected chi connectivity index (χ4v) is 6.93. The van der Waals surface area contributed by atoms with Crippen molar-refractivity contribution < 1.29 is 19.3 Å². The van der Waals surface area contributed by atoms with Crippen LogP contribution in [-0.2, 0) is 5.60 Å². The third-order valence-corrected chi connectivity index (χ3v) is 8.23. The SMILES string of the molecule is CCOc1cccc2c1O[C@@H](CN1C3CCC1CC(O)(c1csc4ccccc14)C3)CO2. The minimum absolute atomic E-state index is 0.0413. The lowest BCUT2D eigenvalue weighted by molar-refractivity contribution is -0.0678. The highest BCUT2D eigenvalue weighted by Gasteiger charge is 2.49. The number of rotatable bonds is 5. The zero-order chi connectivity index (χ0) is 21.7. The summed E-state index contributed by atoms with van der Waals surface area (Å²) in [4.78, 5) is 2.56. The first kappa shape index (κ1) is 20.3. The Morgan fingerprint density at radius 2 is 1.94 bits per heavy atom. The van der Waals surface area contributed by atoms with Crippen LogP contribution < -0.4 is 14.2 Å². The van der Waals surface area contributed by atoms with Gasteiger partial charge in [0.1, 0.15) is 12.7 Å². The Morgan fingerprint density at radius 3 is 2.75 bits per heavy atom. The van der Waals surface area contributed by atoms with Crippen LogP contribution >= 0.6 is 11.3 Å². The molecule has 4 heterocycles. The molecule has 3 atom stereocenters. The maximum atomic E-state index is 11.8. The van der Waals surface area contributed by atoms with Crippen molar-refractivity contribution in [2.75, 3.05) is 19.8 Å². The molecule has 6 heteroatoms. The van der Waals surface area contributed by atoms with Gasteiger partial charge in [-0.05, 0) is 61.6 Å². The highest BCUT2D eigenvalue weighted by Crippen LogP contribution is 2.49. The summed E-state index contributed by atoms with van der Waals surface area (Å²) in [5.41, 5.74) is 0.364. The molecule has 2 fully saturated rings. The van der Waals surface area contributed by atoms with E-state index in [-0.39, 0.29) is 6.10 Å². The molecule has 0 amide bonds. The van der Waals surface area contributed by atoms with Crippen LogP contribution in [0.1, 0.15) is 38.2 Å². The Hall–Kier alpha value is -2.28. The van der Waals surface area contributed by atoms with E-state index in [1.165, 1.54) is 10.1 Å². The second kappa shape index (κ2) is 7.94. The lowest BCUT2D eigenvalue weighted by Crippen LogP contribution is -2.53. The van der Waals surface area contributed by atoms with E-state index in [1.807, 2.05) is 25.1 Å². The topological polar surface area (TPSA) is 51.2 Å². The maximum absolute atomic E-state index is 11.8. The molecule has 0 aliphatic carbocycles. The number of hydrogen-bond donors (Lipinski definition) is 1. The van der Waals surface area contributed by atoms with Crippen LogP contribution in [0.2, 0.25) is 0 Å². The molecule has 0 spiro atoms. The molecule has 3 aromatic rings. The van der Waals surface area contributed by atoms with Crippen molar-refractivity contribution in [1.29, 1.82) is 0 Å². The molecular formula is C26H29NO4S.